The number of nitrogens with one attached hydrogen (secondary N) is 2. The van der Waals surface area contributed by atoms with E-state index in [0.29, 0.717) is 13.1 Å². The van der Waals surface area contributed by atoms with Crippen molar-refractivity contribution in [2.24, 2.45) is 12.0 Å². The molecule has 0 aliphatic heterocycles. The van der Waals surface area contributed by atoms with Crippen molar-refractivity contribution in [2.45, 2.75) is 26.4 Å². The van der Waals surface area contributed by atoms with Crippen LogP contribution >= 0.6 is 0 Å². The number of guanidine groups is 1. The molecule has 0 fully saturated rings. The lowest BCUT2D eigenvalue weighted by molar-refractivity contribution is 0.145. The lowest BCUT2D eigenvalue weighted by Gasteiger charge is -2.12. The Balaban J connectivity index is 1.90. The number of hydrogen-bond donors (Lipinski definition) is 2. The van der Waals surface area contributed by atoms with Crippen LogP contribution in [0.15, 0.2) is 35.6 Å². The Morgan fingerprint density at radius 3 is 2.69 bits per heavy atom. The van der Waals surface area contributed by atoms with Gasteiger partial charge in [-0.25, -0.2) is 9.98 Å². The molecule has 0 amide bonds. The van der Waals surface area contributed by atoms with E-state index in [0.717, 1.165) is 49.3 Å². The van der Waals surface area contributed by atoms with E-state index in [4.69, 9.17) is 9.47 Å². The summed E-state index contributed by atoms with van der Waals surface area (Å²) in [5.41, 5.74) is 1.11. The molecule has 0 aliphatic rings. The molecule has 0 radical (unpaired) electrons. The number of nitrogens with zero attached hydrogens (tertiary/aromatic N) is 4. The van der Waals surface area contributed by atoms with Crippen LogP contribution in [-0.2, 0) is 24.9 Å². The van der Waals surface area contributed by atoms with Crippen molar-refractivity contribution < 1.29 is 9.47 Å². The summed E-state index contributed by atoms with van der Waals surface area (Å²) in [6.07, 6.45) is 2.60. The summed E-state index contributed by atoms with van der Waals surface area (Å²) in [5, 5.41) is 10.9. The third-order valence-electron chi connectivity index (χ3n) is 3.60. The summed E-state index contributed by atoms with van der Waals surface area (Å²) in [4.78, 5) is 8.86. The minimum atomic E-state index is 0.515. The normalized spacial score (nSPS) is 11.4. The molecule has 0 saturated carbocycles. The molecule has 1 aromatic heterocycles. The van der Waals surface area contributed by atoms with Crippen LogP contribution < -0.4 is 15.4 Å². The van der Waals surface area contributed by atoms with E-state index in [2.05, 4.69) is 25.7 Å². The van der Waals surface area contributed by atoms with Gasteiger partial charge in [0.1, 0.15) is 12.1 Å². The first-order valence-corrected chi connectivity index (χ1v) is 8.78. The Morgan fingerprint density at radius 2 is 2.04 bits per heavy atom. The van der Waals surface area contributed by atoms with Crippen LogP contribution in [0.5, 0.6) is 5.75 Å². The summed E-state index contributed by atoms with van der Waals surface area (Å²) in [6.45, 7) is 5.33. The smallest absolute Gasteiger partial charge is 0.191 e. The van der Waals surface area contributed by atoms with Crippen molar-refractivity contribution in [3.63, 3.8) is 0 Å². The predicted octanol–water partition coefficient (Wildman–Crippen LogP) is 1.49. The molecule has 8 heteroatoms. The van der Waals surface area contributed by atoms with Crippen LogP contribution in [0, 0.1) is 0 Å². The second kappa shape index (κ2) is 11.1. The molecule has 0 saturated heterocycles. The van der Waals surface area contributed by atoms with Gasteiger partial charge in [0.05, 0.1) is 20.2 Å². The molecule has 2 N–H and O–H groups in total. The SMILES string of the molecule is CCOCCCNC(=NCc1ccc(OC)cc1)NCc1ncn(C)n1. The molecule has 1 aromatic carbocycles. The second-order valence-electron chi connectivity index (χ2n) is 5.68. The number of rotatable bonds is 10. The van der Waals surface area contributed by atoms with Crippen LogP contribution in [0.4, 0.5) is 0 Å². The molecule has 1 heterocycles. The van der Waals surface area contributed by atoms with Gasteiger partial charge in [-0.1, -0.05) is 12.1 Å². The summed E-state index contributed by atoms with van der Waals surface area (Å²) in [7, 11) is 3.51. The third kappa shape index (κ3) is 7.10. The maximum atomic E-state index is 5.36. The van der Waals surface area contributed by atoms with Crippen LogP contribution in [0.25, 0.3) is 0 Å². The van der Waals surface area contributed by atoms with Crippen molar-refractivity contribution >= 4 is 5.96 Å². The van der Waals surface area contributed by atoms with E-state index in [1.807, 2.05) is 38.2 Å². The number of hydrogen-bond acceptors (Lipinski definition) is 5. The maximum Gasteiger partial charge on any atom is 0.191 e. The van der Waals surface area contributed by atoms with E-state index in [1.54, 1.807) is 18.1 Å². The largest absolute Gasteiger partial charge is 0.497 e. The molecule has 26 heavy (non-hydrogen) atoms. The van der Waals surface area contributed by atoms with E-state index in [-0.39, 0.29) is 0 Å². The zero-order chi connectivity index (χ0) is 18.6. The van der Waals surface area contributed by atoms with Gasteiger partial charge >= 0.3 is 0 Å². The van der Waals surface area contributed by atoms with E-state index in [1.165, 1.54) is 0 Å². The monoisotopic (exact) mass is 360 g/mol. The summed E-state index contributed by atoms with van der Waals surface area (Å²) in [6, 6.07) is 7.89. The zero-order valence-electron chi connectivity index (χ0n) is 15.7. The topological polar surface area (TPSA) is 85.6 Å². The minimum absolute atomic E-state index is 0.515. The van der Waals surface area contributed by atoms with Gasteiger partial charge in [0.2, 0.25) is 0 Å². The quantitative estimate of drug-likeness (QED) is 0.379. The third-order valence-corrected chi connectivity index (χ3v) is 3.60. The van der Waals surface area contributed by atoms with E-state index >= 15 is 0 Å². The first-order valence-electron chi connectivity index (χ1n) is 8.78. The summed E-state index contributed by atoms with van der Waals surface area (Å²) >= 11 is 0. The molecule has 2 rings (SSSR count). The predicted molar refractivity (Wildman–Crippen MR) is 101 cm³/mol. The molecule has 0 unspecified atom stereocenters. The molecule has 0 aliphatic carbocycles. The summed E-state index contributed by atoms with van der Waals surface area (Å²) < 4.78 is 12.2. The average Bonchev–Trinajstić information content (AvgIpc) is 3.08. The van der Waals surface area contributed by atoms with Crippen LogP contribution in [0.1, 0.15) is 24.7 Å². The standard InChI is InChI=1S/C18H28N6O2/c1-4-26-11-5-10-19-18(21-13-17-22-14-24(2)23-17)20-12-15-6-8-16(25-3)9-7-15/h6-9,14H,4-5,10-13H2,1-3H3,(H2,19,20,21). The fourth-order valence-corrected chi connectivity index (χ4v) is 2.23. The molecule has 0 spiro atoms. The van der Waals surface area contributed by atoms with Crippen molar-refractivity contribution in [2.75, 3.05) is 26.9 Å². The Labute approximate surface area is 154 Å². The van der Waals surface area contributed by atoms with Crippen molar-refractivity contribution in [3.8, 4) is 5.75 Å². The Hall–Kier alpha value is -2.61. The number of aromatic nitrogens is 3. The fourth-order valence-electron chi connectivity index (χ4n) is 2.23. The maximum absolute atomic E-state index is 5.36. The number of methoxy groups -OCH3 is 1. The molecular formula is C18H28N6O2. The van der Waals surface area contributed by atoms with Crippen molar-refractivity contribution in [1.29, 1.82) is 0 Å². The van der Waals surface area contributed by atoms with Gasteiger partial charge in [-0.05, 0) is 31.0 Å². The van der Waals surface area contributed by atoms with Gasteiger partial charge in [0.25, 0.3) is 0 Å². The Kier molecular flexibility index (Phi) is 8.41. The Bertz CT molecular complexity index is 669. The van der Waals surface area contributed by atoms with Crippen LogP contribution in [-0.4, -0.2) is 47.6 Å². The highest BCUT2D eigenvalue weighted by molar-refractivity contribution is 5.79. The van der Waals surface area contributed by atoms with Gasteiger partial charge in [-0.15, -0.1) is 0 Å². The highest BCUT2D eigenvalue weighted by Gasteiger charge is 2.03. The van der Waals surface area contributed by atoms with Crippen molar-refractivity contribution in [1.82, 2.24) is 25.4 Å². The van der Waals surface area contributed by atoms with Gasteiger partial charge in [-0.3, -0.25) is 4.68 Å². The van der Waals surface area contributed by atoms with Gasteiger partial charge in [0, 0.05) is 26.8 Å². The van der Waals surface area contributed by atoms with Gasteiger partial charge in [0.15, 0.2) is 11.8 Å². The minimum Gasteiger partial charge on any atom is -0.497 e. The Morgan fingerprint density at radius 1 is 1.23 bits per heavy atom. The fraction of sp³-hybridized carbons (Fsp3) is 0.500. The lowest BCUT2D eigenvalue weighted by Crippen LogP contribution is -2.38. The highest BCUT2D eigenvalue weighted by atomic mass is 16.5. The van der Waals surface area contributed by atoms with Crippen LogP contribution in [0.2, 0.25) is 0 Å². The molecule has 0 bridgehead atoms. The summed E-state index contributed by atoms with van der Waals surface area (Å²) in [5.74, 6) is 2.29. The van der Waals surface area contributed by atoms with Gasteiger partial charge < -0.3 is 20.1 Å². The molecular weight excluding hydrogens is 332 g/mol. The number of ether oxygens (including phenoxy) is 2. The number of benzene rings is 1. The first kappa shape index (κ1) is 19.7. The zero-order valence-corrected chi connectivity index (χ0v) is 15.7. The van der Waals surface area contributed by atoms with E-state index in [9.17, 15) is 0 Å². The molecule has 0 atom stereocenters. The van der Waals surface area contributed by atoms with Crippen molar-refractivity contribution in [3.05, 3.63) is 42.0 Å². The molecule has 8 nitrogen and oxygen atoms in total. The second-order valence-corrected chi connectivity index (χ2v) is 5.68. The average molecular weight is 360 g/mol. The van der Waals surface area contributed by atoms with E-state index < -0.39 is 0 Å². The van der Waals surface area contributed by atoms with Crippen LogP contribution in [0.3, 0.4) is 0 Å². The molecule has 2 aromatic rings. The first-order chi connectivity index (χ1) is 12.7. The lowest BCUT2D eigenvalue weighted by atomic mass is 10.2. The number of aliphatic imine (C=N–C) groups is 1. The number of aryl methyl sites for hydroxylation is 1. The highest BCUT2D eigenvalue weighted by Crippen LogP contribution is 2.11. The molecule has 142 valence electrons. The van der Waals surface area contributed by atoms with Gasteiger partial charge in [-0.2, -0.15) is 5.10 Å².